The molecule has 1 unspecified atom stereocenters. The second kappa shape index (κ2) is 6.19. The standard InChI is InChI=1S/C14H16BrNO3/c15-11-6-4-9(5-7-11)12(8-13(17)18)16-14(19)10-2-1-3-10/h4-7,10,12H,1-3,8H2,(H,16,19)(H,17,18). The van der Waals surface area contributed by atoms with Gasteiger partial charge in [-0.15, -0.1) is 0 Å². The van der Waals surface area contributed by atoms with Crippen LogP contribution in [0.1, 0.15) is 37.3 Å². The molecule has 1 aromatic carbocycles. The number of carbonyl (C=O) groups excluding carboxylic acids is 1. The van der Waals surface area contributed by atoms with Gasteiger partial charge >= 0.3 is 5.97 Å². The summed E-state index contributed by atoms with van der Waals surface area (Å²) in [6.45, 7) is 0. The van der Waals surface area contributed by atoms with Crippen molar-refractivity contribution in [2.75, 3.05) is 0 Å². The maximum Gasteiger partial charge on any atom is 0.305 e. The lowest BCUT2D eigenvalue weighted by atomic mass is 9.84. The predicted molar refractivity (Wildman–Crippen MR) is 74.6 cm³/mol. The molecule has 1 atom stereocenters. The molecule has 0 bridgehead atoms. The van der Waals surface area contributed by atoms with Crippen LogP contribution in [0.5, 0.6) is 0 Å². The van der Waals surface area contributed by atoms with E-state index in [4.69, 9.17) is 5.11 Å². The van der Waals surface area contributed by atoms with E-state index in [-0.39, 0.29) is 18.2 Å². The van der Waals surface area contributed by atoms with E-state index in [0.29, 0.717) is 0 Å². The van der Waals surface area contributed by atoms with Crippen LogP contribution in [0.25, 0.3) is 0 Å². The first-order valence-corrected chi connectivity index (χ1v) is 7.13. The zero-order chi connectivity index (χ0) is 13.8. The van der Waals surface area contributed by atoms with Gasteiger partial charge in [0, 0.05) is 10.4 Å². The molecule has 0 heterocycles. The van der Waals surface area contributed by atoms with E-state index in [0.717, 1.165) is 29.3 Å². The second-order valence-electron chi connectivity index (χ2n) is 4.84. The third kappa shape index (κ3) is 3.80. The zero-order valence-electron chi connectivity index (χ0n) is 10.4. The first kappa shape index (κ1) is 14.1. The molecular formula is C14H16BrNO3. The Labute approximate surface area is 120 Å². The Morgan fingerprint density at radius 2 is 1.95 bits per heavy atom. The van der Waals surface area contributed by atoms with Crippen molar-refractivity contribution >= 4 is 27.8 Å². The van der Waals surface area contributed by atoms with Crippen molar-refractivity contribution in [2.24, 2.45) is 5.92 Å². The van der Waals surface area contributed by atoms with Gasteiger partial charge in [-0.1, -0.05) is 34.5 Å². The van der Waals surface area contributed by atoms with Crippen molar-refractivity contribution in [1.29, 1.82) is 0 Å². The Morgan fingerprint density at radius 3 is 2.42 bits per heavy atom. The molecule has 4 nitrogen and oxygen atoms in total. The van der Waals surface area contributed by atoms with Crippen LogP contribution in [0.15, 0.2) is 28.7 Å². The summed E-state index contributed by atoms with van der Waals surface area (Å²) in [4.78, 5) is 22.9. The summed E-state index contributed by atoms with van der Waals surface area (Å²) in [7, 11) is 0. The van der Waals surface area contributed by atoms with E-state index in [2.05, 4.69) is 21.2 Å². The normalized spacial score (nSPS) is 16.5. The number of carboxylic acids is 1. The summed E-state index contributed by atoms with van der Waals surface area (Å²) < 4.78 is 0.927. The molecule has 0 saturated heterocycles. The smallest absolute Gasteiger partial charge is 0.305 e. The Balaban J connectivity index is 2.08. The quantitative estimate of drug-likeness (QED) is 0.874. The number of aliphatic carboxylic acids is 1. The minimum atomic E-state index is -0.915. The molecule has 5 heteroatoms. The Morgan fingerprint density at radius 1 is 1.32 bits per heavy atom. The van der Waals surface area contributed by atoms with Crippen molar-refractivity contribution < 1.29 is 14.7 Å². The van der Waals surface area contributed by atoms with Crippen molar-refractivity contribution in [2.45, 2.75) is 31.7 Å². The largest absolute Gasteiger partial charge is 0.481 e. The van der Waals surface area contributed by atoms with E-state index in [1.54, 1.807) is 0 Å². The van der Waals surface area contributed by atoms with Gasteiger partial charge in [0.25, 0.3) is 0 Å². The molecule has 102 valence electrons. The van der Waals surface area contributed by atoms with Crippen LogP contribution in [0.2, 0.25) is 0 Å². The van der Waals surface area contributed by atoms with Gasteiger partial charge in [0.15, 0.2) is 0 Å². The predicted octanol–water partition coefficient (Wildman–Crippen LogP) is 2.88. The number of amides is 1. The Bertz CT molecular complexity index is 468. The van der Waals surface area contributed by atoms with E-state index in [1.165, 1.54) is 0 Å². The van der Waals surface area contributed by atoms with Crippen LogP contribution >= 0.6 is 15.9 Å². The summed E-state index contributed by atoms with van der Waals surface area (Å²) >= 11 is 3.34. The molecule has 0 spiro atoms. The molecule has 2 N–H and O–H groups in total. The number of hydrogen-bond acceptors (Lipinski definition) is 2. The zero-order valence-corrected chi connectivity index (χ0v) is 12.0. The maximum atomic E-state index is 11.9. The van der Waals surface area contributed by atoms with E-state index >= 15 is 0 Å². The van der Waals surface area contributed by atoms with Gasteiger partial charge in [-0.25, -0.2) is 0 Å². The number of carbonyl (C=O) groups is 2. The summed E-state index contributed by atoms with van der Waals surface area (Å²) in [5, 5.41) is 11.8. The SMILES string of the molecule is O=C(O)CC(NC(=O)C1CCC1)c1ccc(Br)cc1. The molecule has 0 aliphatic heterocycles. The van der Waals surface area contributed by atoms with Crippen LogP contribution in [-0.2, 0) is 9.59 Å². The van der Waals surface area contributed by atoms with E-state index in [9.17, 15) is 9.59 Å². The maximum absolute atomic E-state index is 11.9. The van der Waals surface area contributed by atoms with Crippen LogP contribution in [-0.4, -0.2) is 17.0 Å². The fourth-order valence-electron chi connectivity index (χ4n) is 2.08. The number of carboxylic acid groups (broad SMARTS) is 1. The molecule has 1 saturated carbocycles. The van der Waals surface area contributed by atoms with Gasteiger partial charge in [0.05, 0.1) is 12.5 Å². The minimum absolute atomic E-state index is 0.0274. The molecule has 1 aliphatic rings. The highest BCUT2D eigenvalue weighted by atomic mass is 79.9. The molecule has 0 aromatic heterocycles. The first-order chi connectivity index (χ1) is 9.06. The molecule has 2 rings (SSSR count). The average molecular weight is 326 g/mol. The van der Waals surface area contributed by atoms with Gasteiger partial charge in [-0.2, -0.15) is 0 Å². The van der Waals surface area contributed by atoms with Crippen molar-refractivity contribution in [3.63, 3.8) is 0 Å². The van der Waals surface area contributed by atoms with Crippen LogP contribution in [0.4, 0.5) is 0 Å². The molecule has 1 amide bonds. The fraction of sp³-hybridized carbons (Fsp3) is 0.429. The van der Waals surface area contributed by atoms with Gasteiger partial charge in [-0.3, -0.25) is 9.59 Å². The third-order valence-electron chi connectivity index (χ3n) is 3.44. The topological polar surface area (TPSA) is 66.4 Å². The second-order valence-corrected chi connectivity index (χ2v) is 5.75. The highest BCUT2D eigenvalue weighted by Gasteiger charge is 2.28. The summed E-state index contributed by atoms with van der Waals surface area (Å²) in [6.07, 6.45) is 2.80. The van der Waals surface area contributed by atoms with Crippen molar-refractivity contribution in [3.8, 4) is 0 Å². The average Bonchev–Trinajstić information content (AvgIpc) is 2.26. The van der Waals surface area contributed by atoms with Crippen molar-refractivity contribution in [3.05, 3.63) is 34.3 Å². The van der Waals surface area contributed by atoms with E-state index < -0.39 is 12.0 Å². The molecule has 1 fully saturated rings. The van der Waals surface area contributed by atoms with Crippen LogP contribution in [0, 0.1) is 5.92 Å². The van der Waals surface area contributed by atoms with Gasteiger partial charge in [-0.05, 0) is 30.5 Å². The van der Waals surface area contributed by atoms with Crippen molar-refractivity contribution in [1.82, 2.24) is 5.32 Å². The van der Waals surface area contributed by atoms with E-state index in [1.807, 2.05) is 24.3 Å². The third-order valence-corrected chi connectivity index (χ3v) is 3.97. The molecule has 19 heavy (non-hydrogen) atoms. The number of rotatable bonds is 5. The molecular weight excluding hydrogens is 310 g/mol. The summed E-state index contributed by atoms with van der Waals surface area (Å²) in [5.41, 5.74) is 0.818. The Hall–Kier alpha value is -1.36. The monoisotopic (exact) mass is 325 g/mol. The number of hydrogen-bond donors (Lipinski definition) is 2. The van der Waals surface area contributed by atoms with Crippen LogP contribution < -0.4 is 5.32 Å². The van der Waals surface area contributed by atoms with Gasteiger partial charge < -0.3 is 10.4 Å². The lowest BCUT2D eigenvalue weighted by molar-refractivity contribution is -0.138. The van der Waals surface area contributed by atoms with Crippen LogP contribution in [0.3, 0.4) is 0 Å². The highest BCUT2D eigenvalue weighted by molar-refractivity contribution is 9.10. The lowest BCUT2D eigenvalue weighted by Gasteiger charge is -2.27. The molecule has 0 radical (unpaired) electrons. The first-order valence-electron chi connectivity index (χ1n) is 6.34. The number of benzene rings is 1. The van der Waals surface area contributed by atoms with Gasteiger partial charge in [0.1, 0.15) is 0 Å². The molecule has 1 aliphatic carbocycles. The summed E-state index contributed by atoms with van der Waals surface area (Å²) in [5.74, 6) is -0.881. The molecule has 1 aromatic rings. The summed E-state index contributed by atoms with van der Waals surface area (Å²) in [6, 6.07) is 6.90. The Kier molecular flexibility index (Phi) is 4.58. The lowest BCUT2D eigenvalue weighted by Crippen LogP contribution is -2.37. The fourth-order valence-corrected chi connectivity index (χ4v) is 2.35. The minimum Gasteiger partial charge on any atom is -0.481 e. The number of halogens is 1. The number of nitrogens with one attached hydrogen (secondary N) is 1. The van der Waals surface area contributed by atoms with Gasteiger partial charge in [0.2, 0.25) is 5.91 Å². The highest BCUT2D eigenvalue weighted by Crippen LogP contribution is 2.28.